The number of aryl methyl sites for hydroxylation is 1. The van der Waals surface area contributed by atoms with Crippen molar-refractivity contribution in [3.8, 4) is 5.69 Å². The van der Waals surface area contributed by atoms with Gasteiger partial charge in [-0.15, -0.1) is 10.2 Å². The van der Waals surface area contributed by atoms with E-state index in [0.717, 1.165) is 42.8 Å². The van der Waals surface area contributed by atoms with Crippen molar-refractivity contribution in [2.24, 2.45) is 0 Å². The van der Waals surface area contributed by atoms with Crippen LogP contribution in [0.15, 0.2) is 59.8 Å². The number of rotatable bonds is 7. The second-order valence-corrected chi connectivity index (χ2v) is 8.87. The minimum Gasteiger partial charge on any atom is -0.335 e. The Bertz CT molecular complexity index is 1000. The van der Waals surface area contributed by atoms with Gasteiger partial charge in [0.25, 0.3) is 0 Å². The van der Waals surface area contributed by atoms with Gasteiger partial charge in [-0.05, 0) is 49.6 Å². The molecule has 1 aromatic heterocycles. The second-order valence-electron chi connectivity index (χ2n) is 7.93. The van der Waals surface area contributed by atoms with E-state index in [-0.39, 0.29) is 17.8 Å². The number of halogens is 1. The molecule has 0 atom stereocenters. The molecular weight excluding hydrogens is 411 g/mol. The molecule has 0 aliphatic heterocycles. The third-order valence-corrected chi connectivity index (χ3v) is 6.65. The molecule has 0 bridgehead atoms. The van der Waals surface area contributed by atoms with Crippen LogP contribution in [-0.4, -0.2) is 37.4 Å². The first kappa shape index (κ1) is 21.6. The van der Waals surface area contributed by atoms with Crippen LogP contribution in [0.4, 0.5) is 4.39 Å². The Labute approximate surface area is 186 Å². The van der Waals surface area contributed by atoms with Gasteiger partial charge in [0, 0.05) is 18.3 Å². The summed E-state index contributed by atoms with van der Waals surface area (Å²) in [6.45, 7) is 2.42. The number of carbonyl (C=O) groups excluding carboxylic acids is 1. The van der Waals surface area contributed by atoms with Crippen molar-refractivity contribution in [1.82, 2.24) is 19.7 Å². The fraction of sp³-hybridized carbons (Fsp3) is 0.375. The number of hydrogen-bond acceptors (Lipinski definition) is 4. The topological polar surface area (TPSA) is 51.0 Å². The average Bonchev–Trinajstić information content (AvgIpc) is 3.18. The molecule has 1 amide bonds. The molecule has 1 fully saturated rings. The molecule has 4 rings (SSSR count). The maximum absolute atomic E-state index is 13.3. The van der Waals surface area contributed by atoms with E-state index in [0.29, 0.717) is 17.5 Å². The van der Waals surface area contributed by atoms with Crippen molar-refractivity contribution >= 4 is 17.7 Å². The van der Waals surface area contributed by atoms with E-state index in [1.165, 1.54) is 30.3 Å². The maximum Gasteiger partial charge on any atom is 0.233 e. The Morgan fingerprint density at radius 1 is 1.06 bits per heavy atom. The molecule has 1 saturated carbocycles. The summed E-state index contributed by atoms with van der Waals surface area (Å²) in [4.78, 5) is 15.3. The van der Waals surface area contributed by atoms with E-state index in [1.54, 1.807) is 12.1 Å². The molecule has 5 nitrogen and oxygen atoms in total. The number of para-hydroxylation sites is 1. The number of carbonyl (C=O) groups is 1. The van der Waals surface area contributed by atoms with Gasteiger partial charge >= 0.3 is 0 Å². The van der Waals surface area contributed by atoms with E-state index in [1.807, 2.05) is 46.7 Å². The van der Waals surface area contributed by atoms with Crippen LogP contribution < -0.4 is 0 Å². The fourth-order valence-electron chi connectivity index (χ4n) is 4.12. The van der Waals surface area contributed by atoms with Crippen LogP contribution in [0.2, 0.25) is 0 Å². The first-order valence-electron chi connectivity index (χ1n) is 10.8. The largest absolute Gasteiger partial charge is 0.335 e. The standard InChI is InChI=1S/C24H27FN4OS/c1-18-26-27-24(29(18)22-10-6-3-7-11-22)31-17-23(30)28(21-8-4-2-5-9-21)16-19-12-14-20(25)15-13-19/h3,6-7,10-15,21H,2,4-5,8-9,16-17H2,1H3. The number of hydrogen-bond donors (Lipinski definition) is 0. The summed E-state index contributed by atoms with van der Waals surface area (Å²) in [5.74, 6) is 0.909. The van der Waals surface area contributed by atoms with Gasteiger partial charge in [0.15, 0.2) is 5.16 Å². The third-order valence-electron chi connectivity index (χ3n) is 5.74. The number of thioether (sulfide) groups is 1. The zero-order chi connectivity index (χ0) is 21.6. The van der Waals surface area contributed by atoms with Crippen molar-refractivity contribution in [1.29, 1.82) is 0 Å². The molecule has 3 aromatic rings. The van der Waals surface area contributed by atoms with Crippen LogP contribution in [0, 0.1) is 12.7 Å². The van der Waals surface area contributed by atoms with E-state index in [4.69, 9.17) is 0 Å². The first-order chi connectivity index (χ1) is 15.1. The van der Waals surface area contributed by atoms with Crippen LogP contribution in [0.5, 0.6) is 0 Å². The number of amides is 1. The number of benzene rings is 2. The normalized spacial score (nSPS) is 14.5. The molecule has 1 aliphatic rings. The fourth-order valence-corrected chi connectivity index (χ4v) is 5.00. The highest BCUT2D eigenvalue weighted by molar-refractivity contribution is 7.99. The summed E-state index contributed by atoms with van der Waals surface area (Å²) in [6, 6.07) is 16.6. The minimum atomic E-state index is -0.259. The van der Waals surface area contributed by atoms with Crippen molar-refractivity contribution < 1.29 is 9.18 Å². The summed E-state index contributed by atoms with van der Waals surface area (Å²) < 4.78 is 15.3. The van der Waals surface area contributed by atoms with E-state index in [9.17, 15) is 9.18 Å². The van der Waals surface area contributed by atoms with Crippen molar-refractivity contribution in [3.63, 3.8) is 0 Å². The quantitative estimate of drug-likeness (QED) is 0.478. The molecular formula is C24H27FN4OS. The predicted molar refractivity (Wildman–Crippen MR) is 121 cm³/mol. The summed E-state index contributed by atoms with van der Waals surface area (Å²) in [7, 11) is 0. The Morgan fingerprint density at radius 3 is 2.48 bits per heavy atom. The van der Waals surface area contributed by atoms with Gasteiger partial charge in [-0.2, -0.15) is 0 Å². The lowest BCUT2D eigenvalue weighted by Crippen LogP contribution is -2.42. The molecule has 31 heavy (non-hydrogen) atoms. The minimum absolute atomic E-state index is 0.0847. The maximum atomic E-state index is 13.3. The Kier molecular flexibility index (Phi) is 7.02. The van der Waals surface area contributed by atoms with Gasteiger partial charge in [-0.3, -0.25) is 9.36 Å². The van der Waals surface area contributed by atoms with Crippen LogP contribution in [0.25, 0.3) is 5.69 Å². The molecule has 0 N–H and O–H groups in total. The molecule has 0 saturated heterocycles. The Morgan fingerprint density at radius 2 is 1.77 bits per heavy atom. The van der Waals surface area contributed by atoms with Gasteiger partial charge in [-0.1, -0.05) is 61.4 Å². The molecule has 1 heterocycles. The molecule has 0 spiro atoms. The second kappa shape index (κ2) is 10.1. The lowest BCUT2D eigenvalue weighted by atomic mass is 9.94. The highest BCUT2D eigenvalue weighted by Crippen LogP contribution is 2.27. The zero-order valence-corrected chi connectivity index (χ0v) is 18.5. The molecule has 162 valence electrons. The molecule has 2 aromatic carbocycles. The third kappa shape index (κ3) is 5.34. The molecule has 1 aliphatic carbocycles. The summed E-state index contributed by atoms with van der Waals surface area (Å²) in [6.07, 6.45) is 5.57. The lowest BCUT2D eigenvalue weighted by molar-refractivity contribution is -0.132. The monoisotopic (exact) mass is 438 g/mol. The van der Waals surface area contributed by atoms with Crippen LogP contribution in [0.3, 0.4) is 0 Å². The van der Waals surface area contributed by atoms with Gasteiger partial charge in [0.2, 0.25) is 5.91 Å². The van der Waals surface area contributed by atoms with Crippen LogP contribution in [-0.2, 0) is 11.3 Å². The van der Waals surface area contributed by atoms with Crippen LogP contribution in [0.1, 0.15) is 43.5 Å². The van der Waals surface area contributed by atoms with Gasteiger partial charge in [0.05, 0.1) is 5.75 Å². The van der Waals surface area contributed by atoms with Crippen LogP contribution >= 0.6 is 11.8 Å². The van der Waals surface area contributed by atoms with E-state index < -0.39 is 0 Å². The Balaban J connectivity index is 1.49. The van der Waals surface area contributed by atoms with Gasteiger partial charge in [0.1, 0.15) is 11.6 Å². The van der Waals surface area contributed by atoms with Gasteiger partial charge in [-0.25, -0.2) is 4.39 Å². The number of aromatic nitrogens is 3. The molecule has 0 radical (unpaired) electrons. The molecule has 7 heteroatoms. The Hall–Kier alpha value is -2.67. The average molecular weight is 439 g/mol. The van der Waals surface area contributed by atoms with E-state index in [2.05, 4.69) is 10.2 Å². The molecule has 0 unspecified atom stereocenters. The van der Waals surface area contributed by atoms with Crippen molar-refractivity contribution in [2.75, 3.05) is 5.75 Å². The highest BCUT2D eigenvalue weighted by atomic mass is 32.2. The van der Waals surface area contributed by atoms with E-state index >= 15 is 0 Å². The highest BCUT2D eigenvalue weighted by Gasteiger charge is 2.26. The lowest BCUT2D eigenvalue weighted by Gasteiger charge is -2.34. The SMILES string of the molecule is Cc1nnc(SCC(=O)N(Cc2ccc(F)cc2)C2CCCCC2)n1-c1ccccc1. The smallest absolute Gasteiger partial charge is 0.233 e. The van der Waals surface area contributed by atoms with Crippen molar-refractivity contribution in [2.45, 2.75) is 56.8 Å². The number of nitrogens with zero attached hydrogens (tertiary/aromatic N) is 4. The first-order valence-corrected chi connectivity index (χ1v) is 11.7. The summed E-state index contributed by atoms with van der Waals surface area (Å²) in [5.41, 5.74) is 1.93. The zero-order valence-electron chi connectivity index (χ0n) is 17.7. The van der Waals surface area contributed by atoms with Crippen molar-refractivity contribution in [3.05, 3.63) is 71.8 Å². The van der Waals surface area contributed by atoms with Gasteiger partial charge < -0.3 is 4.90 Å². The predicted octanol–water partition coefficient (Wildman–Crippen LogP) is 5.17. The summed E-state index contributed by atoms with van der Waals surface area (Å²) in [5, 5.41) is 9.22. The summed E-state index contributed by atoms with van der Waals surface area (Å²) >= 11 is 1.41.